The van der Waals surface area contributed by atoms with Crippen LogP contribution in [0.2, 0.25) is 0 Å². The Morgan fingerprint density at radius 2 is 2.27 bits per heavy atom. The van der Waals surface area contributed by atoms with Gasteiger partial charge in [-0.25, -0.2) is 0 Å². The largest absolute Gasteiger partial charge is 0.374 e. The van der Waals surface area contributed by atoms with Crippen molar-refractivity contribution < 1.29 is 4.74 Å². The van der Waals surface area contributed by atoms with Gasteiger partial charge >= 0.3 is 0 Å². The second kappa shape index (κ2) is 4.77. The highest BCUT2D eigenvalue weighted by Gasteiger charge is 2.38. The molecule has 5 heteroatoms. The molecule has 0 N–H and O–H groups in total. The van der Waals surface area contributed by atoms with E-state index in [-0.39, 0.29) is 10.4 Å². The van der Waals surface area contributed by atoms with Gasteiger partial charge in [0, 0.05) is 16.0 Å². The van der Waals surface area contributed by atoms with Crippen LogP contribution in [0, 0.1) is 0 Å². The monoisotopic (exact) mass is 416 g/mol. The van der Waals surface area contributed by atoms with Crippen molar-refractivity contribution in [3.8, 4) is 0 Å². The quantitative estimate of drug-likeness (QED) is 0.594. The van der Waals surface area contributed by atoms with Crippen LogP contribution in [0.5, 0.6) is 0 Å². The molecular formula is C10H11Br3OS. The van der Waals surface area contributed by atoms with E-state index in [0.29, 0.717) is 0 Å². The minimum Gasteiger partial charge on any atom is -0.374 e. The minimum atomic E-state index is -0.0519. The molecule has 1 aliphatic rings. The Hall–Kier alpha value is 1.10. The Labute approximate surface area is 119 Å². The summed E-state index contributed by atoms with van der Waals surface area (Å²) in [5, 5.41) is 0. The lowest BCUT2D eigenvalue weighted by Gasteiger charge is -2.28. The van der Waals surface area contributed by atoms with Crippen molar-refractivity contribution in [2.24, 2.45) is 0 Å². The lowest BCUT2D eigenvalue weighted by molar-refractivity contribution is 0.0204. The van der Waals surface area contributed by atoms with Crippen molar-refractivity contribution in [1.29, 1.82) is 0 Å². The van der Waals surface area contributed by atoms with E-state index >= 15 is 0 Å². The van der Waals surface area contributed by atoms with E-state index in [1.807, 2.05) is 0 Å². The number of ether oxygens (including phenoxy) is 1. The maximum absolute atomic E-state index is 5.83. The smallest absolute Gasteiger partial charge is 0.0843 e. The maximum atomic E-state index is 5.83. The van der Waals surface area contributed by atoms with E-state index in [9.17, 15) is 0 Å². The first-order valence-corrected chi connectivity index (χ1v) is 8.07. The van der Waals surface area contributed by atoms with E-state index in [1.165, 1.54) is 4.88 Å². The molecule has 1 fully saturated rings. The lowest BCUT2D eigenvalue weighted by Crippen LogP contribution is -2.27. The Bertz CT molecular complexity index is 338. The number of alkyl halides is 1. The van der Waals surface area contributed by atoms with Gasteiger partial charge in [-0.15, -0.1) is 11.3 Å². The van der Waals surface area contributed by atoms with Gasteiger partial charge in [0.05, 0.1) is 14.2 Å². The molecular weight excluding hydrogens is 408 g/mol. The van der Waals surface area contributed by atoms with Crippen molar-refractivity contribution in [3.63, 3.8) is 0 Å². The van der Waals surface area contributed by atoms with Gasteiger partial charge in [-0.3, -0.25) is 0 Å². The Balaban J connectivity index is 2.23. The van der Waals surface area contributed by atoms with Gasteiger partial charge in [-0.05, 0) is 57.7 Å². The Morgan fingerprint density at radius 3 is 2.73 bits per heavy atom. The molecule has 1 aromatic heterocycles. The highest BCUT2D eigenvalue weighted by Crippen LogP contribution is 2.47. The standard InChI is InChI=1S/C10H11Br3OS/c1-10(3-2-4-14-10)8(12)7-5-6(11)9(13)15-7/h5,8H,2-4H2,1H3. The summed E-state index contributed by atoms with van der Waals surface area (Å²) < 4.78 is 8.10. The molecule has 2 heterocycles. The summed E-state index contributed by atoms with van der Waals surface area (Å²) in [6, 6.07) is 2.15. The Morgan fingerprint density at radius 1 is 1.53 bits per heavy atom. The molecule has 1 nitrogen and oxygen atoms in total. The average Bonchev–Trinajstić information content (AvgIpc) is 2.75. The average molecular weight is 419 g/mol. The normalized spacial score (nSPS) is 28.3. The van der Waals surface area contributed by atoms with Crippen molar-refractivity contribution in [1.82, 2.24) is 0 Å². The molecule has 0 aliphatic carbocycles. The summed E-state index contributed by atoms with van der Waals surface area (Å²) in [6.07, 6.45) is 2.28. The fraction of sp³-hybridized carbons (Fsp3) is 0.600. The summed E-state index contributed by atoms with van der Waals surface area (Å²) in [5.41, 5.74) is -0.0519. The number of rotatable bonds is 2. The van der Waals surface area contributed by atoms with Crippen LogP contribution in [0.15, 0.2) is 14.3 Å². The molecule has 2 rings (SSSR count). The van der Waals surface area contributed by atoms with Gasteiger partial charge in [0.25, 0.3) is 0 Å². The molecule has 1 aromatic rings. The summed E-state index contributed by atoms with van der Waals surface area (Å²) in [6.45, 7) is 3.06. The first-order chi connectivity index (χ1) is 7.03. The fourth-order valence-corrected chi connectivity index (χ4v) is 4.77. The van der Waals surface area contributed by atoms with Gasteiger partial charge in [-0.2, -0.15) is 0 Å². The maximum Gasteiger partial charge on any atom is 0.0843 e. The van der Waals surface area contributed by atoms with Crippen LogP contribution >= 0.6 is 59.1 Å². The van der Waals surface area contributed by atoms with Crippen LogP contribution in [-0.2, 0) is 4.74 Å². The zero-order valence-electron chi connectivity index (χ0n) is 8.23. The zero-order valence-corrected chi connectivity index (χ0v) is 13.8. The van der Waals surface area contributed by atoms with Crippen LogP contribution < -0.4 is 0 Å². The third-order valence-electron chi connectivity index (χ3n) is 2.70. The molecule has 0 amide bonds. The Kier molecular flexibility index (Phi) is 3.99. The van der Waals surface area contributed by atoms with E-state index < -0.39 is 0 Å². The number of hydrogen-bond donors (Lipinski definition) is 0. The highest BCUT2D eigenvalue weighted by molar-refractivity contribution is 9.13. The van der Waals surface area contributed by atoms with Crippen LogP contribution in [-0.4, -0.2) is 12.2 Å². The molecule has 84 valence electrons. The van der Waals surface area contributed by atoms with E-state index in [4.69, 9.17) is 4.74 Å². The predicted octanol–water partition coefficient (Wildman–Crippen LogP) is 5.28. The topological polar surface area (TPSA) is 9.23 Å². The third kappa shape index (κ3) is 2.51. The summed E-state index contributed by atoms with van der Waals surface area (Å²) in [7, 11) is 0. The minimum absolute atomic E-state index is 0.0519. The molecule has 2 atom stereocenters. The van der Waals surface area contributed by atoms with Crippen LogP contribution in [0.3, 0.4) is 0 Å². The number of halogens is 3. The molecule has 0 aromatic carbocycles. The van der Waals surface area contributed by atoms with Gasteiger partial charge < -0.3 is 4.74 Å². The summed E-state index contributed by atoms with van der Waals surface area (Å²) in [5.74, 6) is 0. The molecule has 0 radical (unpaired) electrons. The SMILES string of the molecule is CC1(C(Br)c2cc(Br)c(Br)s2)CCCO1. The van der Waals surface area contributed by atoms with Crippen LogP contribution in [0.4, 0.5) is 0 Å². The zero-order chi connectivity index (χ0) is 11.1. The molecule has 0 spiro atoms. The first kappa shape index (κ1) is 12.6. The highest BCUT2D eigenvalue weighted by atomic mass is 79.9. The van der Waals surface area contributed by atoms with E-state index in [0.717, 1.165) is 27.7 Å². The summed E-state index contributed by atoms with van der Waals surface area (Å²) in [4.78, 5) is 1.58. The van der Waals surface area contributed by atoms with Crippen molar-refractivity contribution in [2.45, 2.75) is 30.2 Å². The first-order valence-electron chi connectivity index (χ1n) is 4.76. The summed E-state index contributed by atoms with van der Waals surface area (Å²) >= 11 is 12.5. The van der Waals surface area contributed by atoms with Gasteiger partial charge in [0.2, 0.25) is 0 Å². The molecule has 15 heavy (non-hydrogen) atoms. The van der Waals surface area contributed by atoms with Crippen molar-refractivity contribution >= 4 is 59.1 Å². The van der Waals surface area contributed by atoms with Crippen molar-refractivity contribution in [2.75, 3.05) is 6.61 Å². The van der Waals surface area contributed by atoms with Crippen molar-refractivity contribution in [3.05, 3.63) is 19.2 Å². The van der Waals surface area contributed by atoms with Gasteiger partial charge in [0.15, 0.2) is 0 Å². The van der Waals surface area contributed by atoms with E-state index in [1.54, 1.807) is 11.3 Å². The predicted molar refractivity (Wildman–Crippen MR) is 75.0 cm³/mol. The van der Waals surface area contributed by atoms with Crippen LogP contribution in [0.25, 0.3) is 0 Å². The lowest BCUT2D eigenvalue weighted by atomic mass is 9.98. The molecule has 0 saturated carbocycles. The number of thiophene rings is 1. The van der Waals surface area contributed by atoms with Gasteiger partial charge in [-0.1, -0.05) is 15.9 Å². The second-order valence-corrected chi connectivity index (χ2v) is 8.07. The van der Waals surface area contributed by atoms with Gasteiger partial charge in [0.1, 0.15) is 0 Å². The molecule has 1 aliphatic heterocycles. The molecule has 0 bridgehead atoms. The molecule has 1 saturated heterocycles. The second-order valence-electron chi connectivity index (χ2n) is 3.90. The fourth-order valence-electron chi connectivity index (χ4n) is 1.79. The number of hydrogen-bond acceptors (Lipinski definition) is 2. The third-order valence-corrected chi connectivity index (χ3v) is 7.79. The van der Waals surface area contributed by atoms with Crippen LogP contribution in [0.1, 0.15) is 29.5 Å². The van der Waals surface area contributed by atoms with E-state index in [2.05, 4.69) is 60.8 Å². The molecule has 2 unspecified atom stereocenters.